The molecular formula is C21H24N4O3S. The molecule has 3 heterocycles. The van der Waals surface area contributed by atoms with Crippen LogP contribution in [-0.2, 0) is 9.59 Å². The molecule has 0 unspecified atom stereocenters. The van der Waals surface area contributed by atoms with E-state index in [1.165, 1.54) is 4.90 Å². The lowest BCUT2D eigenvalue weighted by Gasteiger charge is -2.28. The van der Waals surface area contributed by atoms with E-state index in [4.69, 9.17) is 0 Å². The second kappa shape index (κ2) is 8.73. The van der Waals surface area contributed by atoms with Crippen molar-refractivity contribution in [2.24, 2.45) is 0 Å². The fourth-order valence-corrected chi connectivity index (χ4v) is 4.91. The molecule has 1 saturated carbocycles. The van der Waals surface area contributed by atoms with Gasteiger partial charge in [-0.2, -0.15) is 0 Å². The molecule has 0 spiro atoms. The molecule has 1 aliphatic heterocycles. The molecule has 1 aliphatic carbocycles. The molecule has 2 aromatic heterocycles. The van der Waals surface area contributed by atoms with E-state index >= 15 is 0 Å². The molecule has 2 N–H and O–H groups in total. The summed E-state index contributed by atoms with van der Waals surface area (Å²) in [5.41, 5.74) is 0.918. The molecule has 0 bridgehead atoms. The molecule has 4 amide bonds. The number of carbonyl (C=O) groups excluding carboxylic acids is 3. The second-order valence-corrected chi connectivity index (χ2v) is 8.48. The van der Waals surface area contributed by atoms with Gasteiger partial charge < -0.3 is 10.6 Å². The van der Waals surface area contributed by atoms with Gasteiger partial charge in [0, 0.05) is 23.3 Å². The summed E-state index contributed by atoms with van der Waals surface area (Å²) in [5, 5.41) is 7.67. The van der Waals surface area contributed by atoms with Gasteiger partial charge in [-0.3, -0.25) is 19.5 Å². The van der Waals surface area contributed by atoms with Crippen LogP contribution in [0, 0.1) is 0 Å². The predicted molar refractivity (Wildman–Crippen MR) is 109 cm³/mol. The van der Waals surface area contributed by atoms with Crippen molar-refractivity contribution >= 4 is 29.2 Å². The third-order valence-electron chi connectivity index (χ3n) is 5.55. The Balaban J connectivity index is 1.43. The first-order valence-electron chi connectivity index (χ1n) is 10.00. The topological polar surface area (TPSA) is 91.4 Å². The Morgan fingerprint density at radius 2 is 1.97 bits per heavy atom. The van der Waals surface area contributed by atoms with E-state index in [1.807, 2.05) is 29.6 Å². The number of carbonyl (C=O) groups is 3. The van der Waals surface area contributed by atoms with E-state index in [9.17, 15) is 14.4 Å². The van der Waals surface area contributed by atoms with Gasteiger partial charge in [-0.25, -0.2) is 4.79 Å². The summed E-state index contributed by atoms with van der Waals surface area (Å²) >= 11 is 1.55. The van der Waals surface area contributed by atoms with Crippen LogP contribution in [0.3, 0.4) is 0 Å². The van der Waals surface area contributed by atoms with E-state index in [0.29, 0.717) is 0 Å². The van der Waals surface area contributed by atoms with Crippen LogP contribution in [0.5, 0.6) is 0 Å². The lowest BCUT2D eigenvalue weighted by atomic mass is 9.94. The van der Waals surface area contributed by atoms with Gasteiger partial charge in [0.05, 0.1) is 12.5 Å². The van der Waals surface area contributed by atoms with E-state index in [1.54, 1.807) is 23.7 Å². The molecule has 4 rings (SSSR count). The average molecular weight is 413 g/mol. The van der Waals surface area contributed by atoms with Crippen molar-refractivity contribution in [2.45, 2.75) is 56.7 Å². The van der Waals surface area contributed by atoms with Crippen LogP contribution >= 0.6 is 11.3 Å². The summed E-state index contributed by atoms with van der Waals surface area (Å²) in [4.78, 5) is 44.3. The molecule has 2 fully saturated rings. The summed E-state index contributed by atoms with van der Waals surface area (Å²) in [7, 11) is 0. The molecule has 2 aromatic rings. The summed E-state index contributed by atoms with van der Waals surface area (Å²) < 4.78 is 0. The number of thiophene rings is 1. The van der Waals surface area contributed by atoms with Crippen molar-refractivity contribution in [3.05, 3.63) is 52.5 Å². The van der Waals surface area contributed by atoms with Crippen LogP contribution in [0.25, 0.3) is 0 Å². The number of imide groups is 1. The molecule has 0 aromatic carbocycles. The third kappa shape index (κ3) is 4.32. The maximum absolute atomic E-state index is 12.8. The minimum absolute atomic E-state index is 0.0417. The maximum atomic E-state index is 12.8. The highest BCUT2D eigenvalue weighted by atomic mass is 32.1. The molecule has 2 aliphatic rings. The van der Waals surface area contributed by atoms with Gasteiger partial charge in [0.2, 0.25) is 5.91 Å². The van der Waals surface area contributed by atoms with E-state index in [0.717, 1.165) is 42.5 Å². The first-order valence-corrected chi connectivity index (χ1v) is 10.9. The molecular weight excluding hydrogens is 388 g/mol. The van der Waals surface area contributed by atoms with Crippen molar-refractivity contribution in [3.8, 4) is 0 Å². The van der Waals surface area contributed by atoms with Crippen LogP contribution in [0.4, 0.5) is 4.79 Å². The Hall–Kier alpha value is -2.74. The fourth-order valence-electron chi connectivity index (χ4n) is 4.11. The number of hydrogen-bond donors (Lipinski definition) is 2. The van der Waals surface area contributed by atoms with Gasteiger partial charge in [0.15, 0.2) is 0 Å². The monoisotopic (exact) mass is 412 g/mol. The van der Waals surface area contributed by atoms with Gasteiger partial charge in [-0.15, -0.1) is 11.3 Å². The molecule has 29 heavy (non-hydrogen) atoms. The Bertz CT molecular complexity index is 865. The van der Waals surface area contributed by atoms with Gasteiger partial charge in [0.25, 0.3) is 5.91 Å². The van der Waals surface area contributed by atoms with E-state index in [-0.39, 0.29) is 36.3 Å². The highest BCUT2D eigenvalue weighted by molar-refractivity contribution is 7.10. The lowest BCUT2D eigenvalue weighted by molar-refractivity contribution is -0.132. The predicted octanol–water partition coefficient (Wildman–Crippen LogP) is 2.99. The zero-order chi connectivity index (χ0) is 20.2. The summed E-state index contributed by atoms with van der Waals surface area (Å²) in [6.07, 6.45) is 8.20. The highest BCUT2D eigenvalue weighted by Crippen LogP contribution is 2.27. The minimum Gasteiger partial charge on any atom is -0.344 e. The van der Waals surface area contributed by atoms with Crippen molar-refractivity contribution in [2.75, 3.05) is 0 Å². The highest BCUT2D eigenvalue weighted by Gasteiger charge is 2.43. The summed E-state index contributed by atoms with van der Waals surface area (Å²) in [5.74, 6) is -0.557. The zero-order valence-corrected chi connectivity index (χ0v) is 16.9. The van der Waals surface area contributed by atoms with Crippen LogP contribution in [0.1, 0.15) is 55.0 Å². The minimum atomic E-state index is -0.800. The fraction of sp³-hybridized carbons (Fsp3) is 0.429. The molecule has 152 valence electrons. The molecule has 1 saturated heterocycles. The van der Waals surface area contributed by atoms with E-state index < -0.39 is 6.04 Å². The molecule has 2 atom stereocenters. The van der Waals surface area contributed by atoms with Crippen LogP contribution < -0.4 is 10.6 Å². The maximum Gasteiger partial charge on any atom is 0.325 e. The zero-order valence-electron chi connectivity index (χ0n) is 16.0. The van der Waals surface area contributed by atoms with Crippen LogP contribution in [0.15, 0.2) is 42.0 Å². The Morgan fingerprint density at radius 1 is 1.21 bits per heavy atom. The number of urea groups is 1. The normalized spacial score (nSPS) is 21.1. The van der Waals surface area contributed by atoms with Gasteiger partial charge >= 0.3 is 6.03 Å². The summed E-state index contributed by atoms with van der Waals surface area (Å²) in [6.45, 7) is 0. The number of nitrogens with one attached hydrogen (secondary N) is 2. The quantitative estimate of drug-likeness (QED) is 0.714. The Morgan fingerprint density at radius 3 is 2.66 bits per heavy atom. The Kier molecular flexibility index (Phi) is 5.89. The first-order chi connectivity index (χ1) is 14.1. The van der Waals surface area contributed by atoms with Crippen molar-refractivity contribution in [1.29, 1.82) is 0 Å². The number of amides is 4. The third-order valence-corrected chi connectivity index (χ3v) is 6.49. The lowest BCUT2D eigenvalue weighted by Crippen LogP contribution is -2.42. The summed E-state index contributed by atoms with van der Waals surface area (Å²) in [6, 6.07) is 6.09. The van der Waals surface area contributed by atoms with Gasteiger partial charge in [0.1, 0.15) is 6.04 Å². The average Bonchev–Trinajstić information content (AvgIpc) is 3.36. The van der Waals surface area contributed by atoms with Gasteiger partial charge in [-0.05, 0) is 42.0 Å². The van der Waals surface area contributed by atoms with Crippen molar-refractivity contribution < 1.29 is 14.4 Å². The van der Waals surface area contributed by atoms with Crippen LogP contribution in [-0.4, -0.2) is 39.8 Å². The SMILES string of the molecule is O=C(C[C@@H]1NC(=O)N(C2CCCCC2)C1=O)N[C@@H](c1ccncc1)c1cccs1. The van der Waals surface area contributed by atoms with E-state index in [2.05, 4.69) is 15.6 Å². The largest absolute Gasteiger partial charge is 0.344 e. The van der Waals surface area contributed by atoms with Crippen molar-refractivity contribution in [1.82, 2.24) is 20.5 Å². The number of pyridine rings is 1. The number of rotatable bonds is 6. The Labute approximate surface area is 173 Å². The number of aromatic nitrogens is 1. The second-order valence-electron chi connectivity index (χ2n) is 7.50. The number of nitrogens with zero attached hydrogens (tertiary/aromatic N) is 2. The van der Waals surface area contributed by atoms with Crippen LogP contribution in [0.2, 0.25) is 0 Å². The molecule has 8 heteroatoms. The molecule has 7 nitrogen and oxygen atoms in total. The smallest absolute Gasteiger partial charge is 0.325 e. The van der Waals surface area contributed by atoms with Gasteiger partial charge in [-0.1, -0.05) is 25.3 Å². The molecule has 0 radical (unpaired) electrons. The standard InChI is InChI=1S/C21H24N4O3S/c26-18(24-19(17-7-4-12-29-17)14-8-10-22-11-9-14)13-16-20(27)25(21(28)23-16)15-5-2-1-3-6-15/h4,7-12,15-16,19H,1-3,5-6,13H2,(H,23,28)(H,24,26)/t16-,19-/m0/s1. The van der Waals surface area contributed by atoms with Crippen molar-refractivity contribution in [3.63, 3.8) is 0 Å². The number of hydrogen-bond acceptors (Lipinski definition) is 5. The first kappa shape index (κ1) is 19.6.